The van der Waals surface area contributed by atoms with Crippen LogP contribution in [0.2, 0.25) is 0 Å². The van der Waals surface area contributed by atoms with Gasteiger partial charge in [0.25, 0.3) is 0 Å². The maximum absolute atomic E-state index is 4.63. The molecule has 0 bridgehead atoms. The lowest BCUT2D eigenvalue weighted by Gasteiger charge is -2.26. The summed E-state index contributed by atoms with van der Waals surface area (Å²) in [5.41, 5.74) is 2.48. The molecule has 1 aliphatic rings. The molecular formula is C13H22N4. The van der Waals surface area contributed by atoms with Crippen molar-refractivity contribution in [3.63, 3.8) is 0 Å². The van der Waals surface area contributed by atoms with E-state index in [0.717, 1.165) is 37.6 Å². The minimum atomic E-state index is 0.0323. The molecule has 0 fully saturated rings. The zero-order chi connectivity index (χ0) is 12.5. The first kappa shape index (κ1) is 12.3. The molecule has 17 heavy (non-hydrogen) atoms. The average molecular weight is 234 g/mol. The number of aromatic nitrogens is 2. The van der Waals surface area contributed by atoms with Crippen LogP contribution in [-0.4, -0.2) is 22.1 Å². The summed E-state index contributed by atoms with van der Waals surface area (Å²) in [5.74, 6) is 1.95. The fourth-order valence-electron chi connectivity index (χ4n) is 2.01. The van der Waals surface area contributed by atoms with Crippen LogP contribution in [0.15, 0.2) is 0 Å². The Kier molecular flexibility index (Phi) is 3.33. The summed E-state index contributed by atoms with van der Waals surface area (Å²) in [4.78, 5) is 9.26. The lowest BCUT2D eigenvalue weighted by molar-refractivity contribution is 0.600. The summed E-state index contributed by atoms with van der Waals surface area (Å²) in [5, 5.41) is 6.88. The second-order valence-corrected chi connectivity index (χ2v) is 5.57. The fraction of sp³-hybridized carbons (Fsp3) is 0.692. The maximum atomic E-state index is 4.63. The number of fused-ring (bicyclic) bond motifs is 1. The third-order valence-electron chi connectivity index (χ3n) is 2.79. The Morgan fingerprint density at radius 1 is 1.29 bits per heavy atom. The van der Waals surface area contributed by atoms with Crippen LogP contribution in [0.3, 0.4) is 0 Å². The van der Waals surface area contributed by atoms with E-state index >= 15 is 0 Å². The van der Waals surface area contributed by atoms with Crippen molar-refractivity contribution >= 4 is 5.82 Å². The Bertz CT molecular complexity index is 407. The lowest BCUT2D eigenvalue weighted by Crippen LogP contribution is -2.32. The summed E-state index contributed by atoms with van der Waals surface area (Å²) in [6.45, 7) is 10.5. The zero-order valence-electron chi connectivity index (χ0n) is 11.2. The van der Waals surface area contributed by atoms with E-state index in [1.807, 2.05) is 0 Å². The van der Waals surface area contributed by atoms with Crippen molar-refractivity contribution in [1.82, 2.24) is 15.3 Å². The van der Waals surface area contributed by atoms with Crippen LogP contribution >= 0.6 is 0 Å². The van der Waals surface area contributed by atoms with Crippen LogP contribution in [0.25, 0.3) is 0 Å². The molecule has 4 heteroatoms. The van der Waals surface area contributed by atoms with Gasteiger partial charge in [0.05, 0.1) is 5.69 Å². The van der Waals surface area contributed by atoms with E-state index in [9.17, 15) is 0 Å². The Hall–Kier alpha value is -1.16. The zero-order valence-corrected chi connectivity index (χ0v) is 11.2. The van der Waals surface area contributed by atoms with E-state index in [2.05, 4.69) is 48.3 Å². The predicted molar refractivity (Wildman–Crippen MR) is 70.2 cm³/mol. The topological polar surface area (TPSA) is 49.8 Å². The molecule has 0 saturated heterocycles. The first-order valence-electron chi connectivity index (χ1n) is 6.37. The van der Waals surface area contributed by atoms with Crippen LogP contribution in [-0.2, 0) is 19.4 Å². The van der Waals surface area contributed by atoms with E-state index < -0.39 is 0 Å². The third-order valence-corrected chi connectivity index (χ3v) is 2.79. The molecule has 0 saturated carbocycles. The van der Waals surface area contributed by atoms with Crippen molar-refractivity contribution in [1.29, 1.82) is 0 Å². The molecule has 0 spiro atoms. The van der Waals surface area contributed by atoms with Gasteiger partial charge in [0.2, 0.25) is 0 Å². The van der Waals surface area contributed by atoms with E-state index in [1.54, 1.807) is 0 Å². The standard InChI is InChI=1S/C13H22N4/c1-5-11-15-10-6-7-14-8-9(10)12(16-11)17-13(2,3)4/h14H,5-8H2,1-4H3,(H,15,16,17). The fourth-order valence-corrected chi connectivity index (χ4v) is 2.01. The number of rotatable bonds is 2. The van der Waals surface area contributed by atoms with Gasteiger partial charge in [-0.15, -0.1) is 0 Å². The van der Waals surface area contributed by atoms with Gasteiger partial charge >= 0.3 is 0 Å². The van der Waals surface area contributed by atoms with Crippen LogP contribution in [0, 0.1) is 0 Å². The normalized spacial score (nSPS) is 15.5. The number of hydrogen-bond donors (Lipinski definition) is 2. The summed E-state index contributed by atoms with van der Waals surface area (Å²) in [6, 6.07) is 0. The molecule has 0 atom stereocenters. The lowest BCUT2D eigenvalue weighted by atomic mass is 10.0. The summed E-state index contributed by atoms with van der Waals surface area (Å²) in [7, 11) is 0. The Morgan fingerprint density at radius 2 is 2.06 bits per heavy atom. The molecule has 0 unspecified atom stereocenters. The predicted octanol–water partition coefficient (Wildman–Crippen LogP) is 1.90. The van der Waals surface area contributed by atoms with E-state index in [0.29, 0.717) is 0 Å². The molecule has 94 valence electrons. The molecule has 2 N–H and O–H groups in total. The number of nitrogens with one attached hydrogen (secondary N) is 2. The van der Waals surface area contributed by atoms with E-state index in [4.69, 9.17) is 0 Å². The van der Waals surface area contributed by atoms with Crippen molar-refractivity contribution in [2.24, 2.45) is 0 Å². The number of hydrogen-bond acceptors (Lipinski definition) is 4. The highest BCUT2D eigenvalue weighted by molar-refractivity contribution is 5.49. The highest BCUT2D eigenvalue weighted by Crippen LogP contribution is 2.23. The average Bonchev–Trinajstić information content (AvgIpc) is 2.26. The molecule has 0 aromatic carbocycles. The van der Waals surface area contributed by atoms with Crippen LogP contribution < -0.4 is 10.6 Å². The van der Waals surface area contributed by atoms with Crippen LogP contribution in [0.1, 0.15) is 44.8 Å². The number of aryl methyl sites for hydroxylation is 1. The van der Waals surface area contributed by atoms with Gasteiger partial charge in [-0.2, -0.15) is 0 Å². The monoisotopic (exact) mass is 234 g/mol. The Balaban J connectivity index is 2.41. The Labute approximate surface area is 103 Å². The molecule has 1 aromatic rings. The molecular weight excluding hydrogens is 212 g/mol. The summed E-state index contributed by atoms with van der Waals surface area (Å²) < 4.78 is 0. The van der Waals surface area contributed by atoms with Gasteiger partial charge in [-0.1, -0.05) is 6.92 Å². The number of nitrogens with zero attached hydrogens (tertiary/aromatic N) is 2. The van der Waals surface area contributed by atoms with Gasteiger partial charge in [-0.05, 0) is 20.8 Å². The quantitative estimate of drug-likeness (QED) is 0.820. The molecule has 1 aliphatic heterocycles. The molecule has 0 amide bonds. The minimum absolute atomic E-state index is 0.0323. The van der Waals surface area contributed by atoms with Gasteiger partial charge in [0.1, 0.15) is 11.6 Å². The van der Waals surface area contributed by atoms with Gasteiger partial charge in [-0.25, -0.2) is 9.97 Å². The molecule has 2 heterocycles. The van der Waals surface area contributed by atoms with Crippen LogP contribution in [0.5, 0.6) is 0 Å². The van der Waals surface area contributed by atoms with Crippen molar-refractivity contribution < 1.29 is 0 Å². The van der Waals surface area contributed by atoms with Gasteiger partial charge in [0.15, 0.2) is 0 Å². The Morgan fingerprint density at radius 3 is 2.71 bits per heavy atom. The molecule has 2 rings (SSSR count). The SMILES string of the molecule is CCc1nc2c(c(NC(C)(C)C)n1)CNCC2. The summed E-state index contributed by atoms with van der Waals surface area (Å²) in [6.07, 6.45) is 1.89. The smallest absolute Gasteiger partial charge is 0.134 e. The van der Waals surface area contributed by atoms with Gasteiger partial charge in [-0.3, -0.25) is 0 Å². The second kappa shape index (κ2) is 4.61. The number of anilines is 1. The largest absolute Gasteiger partial charge is 0.365 e. The molecule has 1 aromatic heterocycles. The van der Waals surface area contributed by atoms with Gasteiger partial charge in [0, 0.05) is 37.0 Å². The van der Waals surface area contributed by atoms with E-state index in [-0.39, 0.29) is 5.54 Å². The van der Waals surface area contributed by atoms with Crippen molar-refractivity contribution in [2.75, 3.05) is 11.9 Å². The van der Waals surface area contributed by atoms with Crippen molar-refractivity contribution in [3.05, 3.63) is 17.1 Å². The third kappa shape index (κ3) is 2.94. The highest BCUT2D eigenvalue weighted by Gasteiger charge is 2.20. The highest BCUT2D eigenvalue weighted by atomic mass is 15.1. The van der Waals surface area contributed by atoms with Crippen LogP contribution in [0.4, 0.5) is 5.82 Å². The van der Waals surface area contributed by atoms with Gasteiger partial charge < -0.3 is 10.6 Å². The molecule has 0 radical (unpaired) electrons. The van der Waals surface area contributed by atoms with Crippen molar-refractivity contribution in [3.8, 4) is 0 Å². The maximum Gasteiger partial charge on any atom is 0.134 e. The summed E-state index contributed by atoms with van der Waals surface area (Å²) >= 11 is 0. The first-order valence-corrected chi connectivity index (χ1v) is 6.37. The molecule has 0 aliphatic carbocycles. The van der Waals surface area contributed by atoms with Crippen molar-refractivity contribution in [2.45, 2.75) is 52.6 Å². The van der Waals surface area contributed by atoms with E-state index in [1.165, 1.54) is 11.3 Å². The first-order chi connectivity index (χ1) is 7.99. The second-order valence-electron chi connectivity index (χ2n) is 5.57. The molecule has 4 nitrogen and oxygen atoms in total. The minimum Gasteiger partial charge on any atom is -0.365 e.